The molecule has 11 unspecified atom stereocenters. The maximum absolute atomic E-state index is 12.2. The number of nitrogens with one attached hydrogen (secondary N) is 1. The summed E-state index contributed by atoms with van der Waals surface area (Å²) in [5.41, 5.74) is -0.736. The summed E-state index contributed by atoms with van der Waals surface area (Å²) in [6.07, 6.45) is 2.10. The lowest BCUT2D eigenvalue weighted by Gasteiger charge is -2.64. The molecule has 0 aromatic heterocycles. The van der Waals surface area contributed by atoms with Crippen molar-refractivity contribution in [3.8, 4) is 0 Å². The van der Waals surface area contributed by atoms with Crippen LogP contribution in [0.25, 0.3) is 0 Å². The van der Waals surface area contributed by atoms with E-state index in [0.29, 0.717) is 32.1 Å². The molecule has 0 aromatic carbocycles. The van der Waals surface area contributed by atoms with E-state index in [9.17, 15) is 33.3 Å². The molecule has 9 nitrogen and oxygen atoms in total. The minimum Gasteiger partial charge on any atom is -0.393 e. The lowest BCUT2D eigenvalue weighted by Crippen LogP contribution is -2.66. The van der Waals surface area contributed by atoms with Crippen molar-refractivity contribution in [3.05, 3.63) is 0 Å². The molecule has 4 rings (SSSR count). The van der Waals surface area contributed by atoms with Gasteiger partial charge in [0.15, 0.2) is 0 Å². The largest absolute Gasteiger partial charge is 0.393 e. The minimum atomic E-state index is -4.12. The molecular formula is C26H43NO8S. The molecule has 0 spiro atoms. The standard InChI is InChI=1S/C26H43NO8S/c1-14(4-7-21(30)27-10-11-36(33,34)35)16-5-6-17-22-18(13-20(29)26(16,17)3)25(2)9-8-15(28)12-19(25)23(31)24(22)32/h14,16-20,22-24,29,31-32H,4-13H2,1-3H3,(H,27,30)(H,33,34,35). The van der Waals surface area contributed by atoms with E-state index < -0.39 is 39.6 Å². The third-order valence-corrected chi connectivity index (χ3v) is 11.7. The molecule has 11 atom stereocenters. The number of carbonyl (C=O) groups excluding carboxylic acids is 2. The van der Waals surface area contributed by atoms with Gasteiger partial charge in [0.1, 0.15) is 5.78 Å². The number of hydrogen-bond donors (Lipinski definition) is 5. The Morgan fingerprint density at radius 1 is 1.11 bits per heavy atom. The summed E-state index contributed by atoms with van der Waals surface area (Å²) < 4.78 is 30.5. The Kier molecular flexibility index (Phi) is 7.69. The van der Waals surface area contributed by atoms with Crippen molar-refractivity contribution in [1.29, 1.82) is 0 Å². The average Bonchev–Trinajstić information content (AvgIpc) is 3.15. The van der Waals surface area contributed by atoms with Crippen LogP contribution in [0.1, 0.15) is 72.1 Å². The summed E-state index contributed by atoms with van der Waals surface area (Å²) in [6.45, 7) is 6.19. The van der Waals surface area contributed by atoms with Gasteiger partial charge < -0.3 is 20.6 Å². The van der Waals surface area contributed by atoms with Crippen LogP contribution in [0.4, 0.5) is 0 Å². The Labute approximate surface area is 214 Å². The molecular weight excluding hydrogens is 486 g/mol. The van der Waals surface area contributed by atoms with Gasteiger partial charge in [-0.15, -0.1) is 0 Å². The van der Waals surface area contributed by atoms with Crippen molar-refractivity contribution in [2.75, 3.05) is 12.3 Å². The zero-order chi connectivity index (χ0) is 26.6. The summed E-state index contributed by atoms with van der Waals surface area (Å²) in [5.74, 6) is -0.705. The Morgan fingerprint density at radius 3 is 2.47 bits per heavy atom. The number of amides is 1. The summed E-state index contributed by atoms with van der Waals surface area (Å²) in [6, 6.07) is 0. The molecule has 0 aromatic rings. The molecule has 1 amide bonds. The summed E-state index contributed by atoms with van der Waals surface area (Å²) in [5, 5.41) is 36.6. The van der Waals surface area contributed by atoms with Crippen molar-refractivity contribution in [1.82, 2.24) is 5.32 Å². The van der Waals surface area contributed by atoms with Crippen molar-refractivity contribution < 1.29 is 37.9 Å². The van der Waals surface area contributed by atoms with Crippen LogP contribution in [0.2, 0.25) is 0 Å². The van der Waals surface area contributed by atoms with E-state index in [-0.39, 0.29) is 65.6 Å². The summed E-state index contributed by atoms with van der Waals surface area (Å²) >= 11 is 0. The zero-order valence-corrected chi connectivity index (χ0v) is 22.4. The molecule has 0 radical (unpaired) electrons. The van der Waals surface area contributed by atoms with Gasteiger partial charge in [0.05, 0.1) is 24.1 Å². The highest BCUT2D eigenvalue weighted by Crippen LogP contribution is 2.68. The second-order valence-corrected chi connectivity index (χ2v) is 14.2. The smallest absolute Gasteiger partial charge is 0.266 e. The Hall–Kier alpha value is -1.07. The van der Waals surface area contributed by atoms with Gasteiger partial charge >= 0.3 is 0 Å². The second-order valence-electron chi connectivity index (χ2n) is 12.6. The fraction of sp³-hybridized carbons (Fsp3) is 0.923. The van der Waals surface area contributed by atoms with Crippen molar-refractivity contribution in [2.45, 2.75) is 90.4 Å². The molecule has 0 heterocycles. The van der Waals surface area contributed by atoms with E-state index in [1.807, 2.05) is 0 Å². The van der Waals surface area contributed by atoms with Crippen LogP contribution >= 0.6 is 0 Å². The predicted octanol–water partition coefficient (Wildman–Crippen LogP) is 1.55. The number of hydrogen-bond acceptors (Lipinski definition) is 7. The summed E-state index contributed by atoms with van der Waals surface area (Å²) in [4.78, 5) is 24.4. The molecule has 0 aliphatic heterocycles. The van der Waals surface area contributed by atoms with E-state index in [2.05, 4.69) is 26.1 Å². The normalized spacial score (nSPS) is 45.4. The topological polar surface area (TPSA) is 161 Å². The van der Waals surface area contributed by atoms with Crippen LogP contribution in [0.5, 0.6) is 0 Å². The monoisotopic (exact) mass is 529 g/mol. The first-order valence-electron chi connectivity index (χ1n) is 13.5. The van der Waals surface area contributed by atoms with Crippen LogP contribution < -0.4 is 5.32 Å². The fourth-order valence-corrected chi connectivity index (χ4v) is 9.31. The maximum Gasteiger partial charge on any atom is 0.266 e. The van der Waals surface area contributed by atoms with Crippen LogP contribution in [-0.2, 0) is 19.7 Å². The highest BCUT2D eigenvalue weighted by atomic mass is 32.2. The molecule has 5 N–H and O–H groups in total. The number of ketones is 1. The minimum absolute atomic E-state index is 0.0438. The van der Waals surface area contributed by atoms with Crippen molar-refractivity contribution >= 4 is 21.8 Å². The Balaban J connectivity index is 1.47. The van der Waals surface area contributed by atoms with Gasteiger partial charge in [0.2, 0.25) is 5.91 Å². The summed E-state index contributed by atoms with van der Waals surface area (Å²) in [7, 11) is -4.12. The highest BCUT2D eigenvalue weighted by Gasteiger charge is 2.67. The first-order chi connectivity index (χ1) is 16.7. The quantitative estimate of drug-likeness (QED) is 0.310. The third-order valence-electron chi connectivity index (χ3n) is 10.9. The third kappa shape index (κ3) is 4.77. The molecule has 0 saturated heterocycles. The molecule has 36 heavy (non-hydrogen) atoms. The first-order valence-corrected chi connectivity index (χ1v) is 15.1. The highest BCUT2D eigenvalue weighted by molar-refractivity contribution is 7.85. The van der Waals surface area contributed by atoms with Crippen LogP contribution in [0.3, 0.4) is 0 Å². The van der Waals surface area contributed by atoms with Crippen LogP contribution in [0, 0.1) is 46.3 Å². The van der Waals surface area contributed by atoms with Crippen molar-refractivity contribution in [3.63, 3.8) is 0 Å². The average molecular weight is 530 g/mol. The Morgan fingerprint density at radius 2 is 1.81 bits per heavy atom. The van der Waals surface area contributed by atoms with E-state index in [0.717, 1.165) is 12.8 Å². The van der Waals surface area contributed by atoms with Gasteiger partial charge in [-0.3, -0.25) is 14.1 Å². The fourth-order valence-electron chi connectivity index (χ4n) is 8.95. The Bertz CT molecular complexity index is 971. The van der Waals surface area contributed by atoms with E-state index >= 15 is 0 Å². The van der Waals surface area contributed by atoms with E-state index in [1.165, 1.54) is 0 Å². The molecule has 0 bridgehead atoms. The number of aliphatic hydroxyl groups excluding tert-OH is 3. The molecule has 206 valence electrons. The predicted molar refractivity (Wildman–Crippen MR) is 132 cm³/mol. The van der Waals surface area contributed by atoms with E-state index in [4.69, 9.17) is 4.55 Å². The van der Waals surface area contributed by atoms with Gasteiger partial charge in [0.25, 0.3) is 10.1 Å². The van der Waals surface area contributed by atoms with Crippen molar-refractivity contribution in [2.24, 2.45) is 46.3 Å². The number of fused-ring (bicyclic) bond motifs is 5. The molecule has 4 aliphatic rings. The SMILES string of the molecule is CC(CCC(=O)NCCS(=O)(=O)O)C1CCC2C3C(O)C(O)C4CC(=O)CCC4(C)C3CC(O)C12C. The molecule has 4 aliphatic carbocycles. The van der Waals surface area contributed by atoms with Crippen LogP contribution in [0.15, 0.2) is 0 Å². The lowest BCUT2D eigenvalue weighted by molar-refractivity contribution is -0.235. The zero-order valence-electron chi connectivity index (χ0n) is 21.6. The van der Waals surface area contributed by atoms with Crippen LogP contribution in [-0.4, -0.2) is 70.6 Å². The molecule has 4 fully saturated rings. The van der Waals surface area contributed by atoms with E-state index in [1.54, 1.807) is 0 Å². The number of carbonyl (C=O) groups is 2. The van der Waals surface area contributed by atoms with Gasteiger partial charge in [-0.2, -0.15) is 8.42 Å². The van der Waals surface area contributed by atoms with Gasteiger partial charge in [0, 0.05) is 25.8 Å². The molecule has 4 saturated carbocycles. The van der Waals surface area contributed by atoms with Gasteiger partial charge in [-0.25, -0.2) is 0 Å². The second kappa shape index (κ2) is 9.91. The first kappa shape index (κ1) is 28.0. The number of Topliss-reactive ketones (excluding diaryl/α,β-unsaturated/α-hetero) is 1. The maximum atomic E-state index is 12.2. The lowest BCUT2D eigenvalue weighted by atomic mass is 9.42. The number of aliphatic hydroxyl groups is 3. The van der Waals surface area contributed by atoms with Gasteiger partial charge in [-0.05, 0) is 78.4 Å². The number of rotatable bonds is 7. The molecule has 10 heteroatoms. The van der Waals surface area contributed by atoms with Gasteiger partial charge in [-0.1, -0.05) is 20.8 Å².